The largest absolute Gasteiger partial charge is 0.349 e. The van der Waals surface area contributed by atoms with Gasteiger partial charge in [-0.2, -0.15) is 0 Å². The summed E-state index contributed by atoms with van der Waals surface area (Å²) < 4.78 is 1.09. The van der Waals surface area contributed by atoms with Gasteiger partial charge in [0, 0.05) is 25.0 Å². The highest BCUT2D eigenvalue weighted by molar-refractivity contribution is 9.10. The van der Waals surface area contributed by atoms with Crippen molar-refractivity contribution in [3.8, 4) is 0 Å². The van der Waals surface area contributed by atoms with Crippen LogP contribution >= 0.6 is 15.9 Å². The summed E-state index contributed by atoms with van der Waals surface area (Å²) in [5.74, 6) is 0.201. The third-order valence-corrected chi connectivity index (χ3v) is 2.80. The van der Waals surface area contributed by atoms with Crippen molar-refractivity contribution in [2.24, 2.45) is 0 Å². The molecule has 0 bridgehead atoms. The number of nitrogens with zero attached hydrogens (tertiary/aromatic N) is 1. The molecule has 0 spiro atoms. The van der Waals surface area contributed by atoms with Gasteiger partial charge >= 0.3 is 0 Å². The van der Waals surface area contributed by atoms with Crippen LogP contribution in [0.25, 0.3) is 0 Å². The third kappa shape index (κ3) is 4.47. The molecule has 2 nitrogen and oxygen atoms in total. The predicted octanol–water partition coefficient (Wildman–Crippen LogP) is 2.86. The van der Waals surface area contributed by atoms with Crippen LogP contribution in [0.15, 0.2) is 28.7 Å². The Kier molecular flexibility index (Phi) is 4.82. The molecule has 0 fully saturated rings. The van der Waals surface area contributed by atoms with Gasteiger partial charge in [-0.3, -0.25) is 4.79 Å². The second kappa shape index (κ2) is 5.91. The maximum atomic E-state index is 11.3. The zero-order chi connectivity index (χ0) is 11.3. The highest BCUT2D eigenvalue weighted by Gasteiger charge is 2.03. The summed E-state index contributed by atoms with van der Waals surface area (Å²) in [5.41, 5.74) is 1.28. The summed E-state index contributed by atoms with van der Waals surface area (Å²) in [6.45, 7) is 0. The lowest BCUT2D eigenvalue weighted by molar-refractivity contribution is -0.128. The van der Waals surface area contributed by atoms with E-state index in [4.69, 9.17) is 0 Å². The minimum Gasteiger partial charge on any atom is -0.349 e. The summed E-state index contributed by atoms with van der Waals surface area (Å²) in [6, 6.07) is 8.24. The Balaban J connectivity index is 2.32. The average molecular weight is 270 g/mol. The quantitative estimate of drug-likeness (QED) is 0.823. The number of aryl methyl sites for hydroxylation is 1. The summed E-state index contributed by atoms with van der Waals surface area (Å²) >= 11 is 3.40. The Bertz CT molecular complexity index is 319. The smallest absolute Gasteiger partial charge is 0.222 e. The van der Waals surface area contributed by atoms with E-state index in [0.29, 0.717) is 6.42 Å². The first-order valence-corrected chi connectivity index (χ1v) is 5.83. The zero-order valence-electron chi connectivity index (χ0n) is 9.16. The molecule has 0 aliphatic heterocycles. The first-order valence-electron chi connectivity index (χ1n) is 5.04. The summed E-state index contributed by atoms with van der Waals surface area (Å²) in [7, 11) is 3.59. The number of amides is 1. The molecule has 0 atom stereocenters. The second-order valence-electron chi connectivity index (χ2n) is 3.77. The lowest BCUT2D eigenvalue weighted by Crippen LogP contribution is -2.21. The van der Waals surface area contributed by atoms with Crippen LogP contribution in [-0.2, 0) is 11.2 Å². The van der Waals surface area contributed by atoms with E-state index in [9.17, 15) is 4.79 Å². The van der Waals surface area contributed by atoms with Gasteiger partial charge in [0.05, 0.1) is 0 Å². The van der Waals surface area contributed by atoms with E-state index in [-0.39, 0.29) is 5.91 Å². The Morgan fingerprint density at radius 2 is 1.87 bits per heavy atom. The molecule has 0 unspecified atom stereocenters. The Labute approximate surface area is 99.4 Å². The van der Waals surface area contributed by atoms with E-state index < -0.39 is 0 Å². The second-order valence-corrected chi connectivity index (χ2v) is 4.68. The van der Waals surface area contributed by atoms with Crippen molar-refractivity contribution in [1.29, 1.82) is 0 Å². The molecular weight excluding hydrogens is 254 g/mol. The lowest BCUT2D eigenvalue weighted by Gasteiger charge is -2.09. The van der Waals surface area contributed by atoms with Crippen molar-refractivity contribution in [3.05, 3.63) is 34.3 Å². The molecule has 0 radical (unpaired) electrons. The maximum absolute atomic E-state index is 11.3. The van der Waals surface area contributed by atoms with E-state index in [0.717, 1.165) is 17.3 Å². The first kappa shape index (κ1) is 12.2. The molecule has 0 aliphatic rings. The van der Waals surface area contributed by atoms with Gasteiger partial charge in [0.1, 0.15) is 0 Å². The van der Waals surface area contributed by atoms with Gasteiger partial charge in [-0.25, -0.2) is 0 Å². The normalized spacial score (nSPS) is 10.1. The van der Waals surface area contributed by atoms with Crippen LogP contribution in [-0.4, -0.2) is 24.9 Å². The van der Waals surface area contributed by atoms with E-state index in [1.165, 1.54) is 5.56 Å². The van der Waals surface area contributed by atoms with E-state index in [2.05, 4.69) is 28.1 Å². The predicted molar refractivity (Wildman–Crippen MR) is 65.8 cm³/mol. The topological polar surface area (TPSA) is 20.3 Å². The van der Waals surface area contributed by atoms with E-state index in [1.54, 1.807) is 19.0 Å². The summed E-state index contributed by atoms with van der Waals surface area (Å²) in [4.78, 5) is 12.9. The number of rotatable bonds is 4. The molecule has 0 saturated heterocycles. The standard InChI is InChI=1S/C12H16BrNO/c1-14(2)12(15)5-3-4-10-6-8-11(13)9-7-10/h6-9H,3-5H2,1-2H3. The van der Waals surface area contributed by atoms with Crippen LogP contribution in [0, 0.1) is 0 Å². The van der Waals surface area contributed by atoms with Crippen molar-refractivity contribution >= 4 is 21.8 Å². The minimum absolute atomic E-state index is 0.201. The molecule has 3 heteroatoms. The fourth-order valence-electron chi connectivity index (χ4n) is 1.32. The van der Waals surface area contributed by atoms with Crippen molar-refractivity contribution in [3.63, 3.8) is 0 Å². The van der Waals surface area contributed by atoms with Gasteiger partial charge in [-0.1, -0.05) is 28.1 Å². The van der Waals surface area contributed by atoms with Crippen LogP contribution in [0.2, 0.25) is 0 Å². The number of carbonyl (C=O) groups is 1. The monoisotopic (exact) mass is 269 g/mol. The van der Waals surface area contributed by atoms with E-state index in [1.807, 2.05) is 12.1 Å². The molecule has 1 aromatic carbocycles. The number of carbonyl (C=O) groups excluding carboxylic acids is 1. The number of halogens is 1. The minimum atomic E-state index is 0.201. The molecule has 0 saturated carbocycles. The SMILES string of the molecule is CN(C)C(=O)CCCc1ccc(Br)cc1. The molecule has 15 heavy (non-hydrogen) atoms. The number of benzene rings is 1. The zero-order valence-corrected chi connectivity index (χ0v) is 10.8. The van der Waals surface area contributed by atoms with Crippen LogP contribution in [0.3, 0.4) is 0 Å². The van der Waals surface area contributed by atoms with Gasteiger partial charge < -0.3 is 4.90 Å². The number of hydrogen-bond donors (Lipinski definition) is 0. The van der Waals surface area contributed by atoms with E-state index >= 15 is 0 Å². The van der Waals surface area contributed by atoms with Crippen LogP contribution < -0.4 is 0 Å². The molecule has 0 heterocycles. The van der Waals surface area contributed by atoms with Gasteiger partial charge in [0.25, 0.3) is 0 Å². The molecule has 0 N–H and O–H groups in total. The highest BCUT2D eigenvalue weighted by Crippen LogP contribution is 2.12. The molecule has 1 rings (SSSR count). The average Bonchev–Trinajstić information content (AvgIpc) is 2.20. The molecule has 1 amide bonds. The first-order chi connectivity index (χ1) is 7.09. The Morgan fingerprint density at radius 3 is 2.40 bits per heavy atom. The molecule has 1 aromatic rings. The molecule has 82 valence electrons. The molecular formula is C12H16BrNO. The van der Waals surface area contributed by atoms with Crippen molar-refractivity contribution in [2.45, 2.75) is 19.3 Å². The van der Waals surface area contributed by atoms with Crippen LogP contribution in [0.5, 0.6) is 0 Å². The molecule has 0 aliphatic carbocycles. The van der Waals surface area contributed by atoms with Crippen molar-refractivity contribution in [1.82, 2.24) is 4.90 Å². The number of hydrogen-bond acceptors (Lipinski definition) is 1. The lowest BCUT2D eigenvalue weighted by atomic mass is 10.1. The highest BCUT2D eigenvalue weighted by atomic mass is 79.9. The van der Waals surface area contributed by atoms with Gasteiger partial charge in [-0.05, 0) is 30.5 Å². The van der Waals surface area contributed by atoms with Gasteiger partial charge in [-0.15, -0.1) is 0 Å². The Morgan fingerprint density at radius 1 is 1.27 bits per heavy atom. The van der Waals surface area contributed by atoms with Crippen LogP contribution in [0.1, 0.15) is 18.4 Å². The van der Waals surface area contributed by atoms with Gasteiger partial charge in [0.15, 0.2) is 0 Å². The third-order valence-electron chi connectivity index (χ3n) is 2.27. The summed E-state index contributed by atoms with van der Waals surface area (Å²) in [6.07, 6.45) is 2.51. The Hall–Kier alpha value is -0.830. The van der Waals surface area contributed by atoms with Crippen LogP contribution in [0.4, 0.5) is 0 Å². The fourth-order valence-corrected chi connectivity index (χ4v) is 1.58. The molecule has 0 aromatic heterocycles. The van der Waals surface area contributed by atoms with Crippen molar-refractivity contribution < 1.29 is 4.79 Å². The maximum Gasteiger partial charge on any atom is 0.222 e. The van der Waals surface area contributed by atoms with Gasteiger partial charge in [0.2, 0.25) is 5.91 Å². The van der Waals surface area contributed by atoms with Crippen molar-refractivity contribution in [2.75, 3.05) is 14.1 Å². The summed E-state index contributed by atoms with van der Waals surface area (Å²) in [5, 5.41) is 0. The fraction of sp³-hybridized carbons (Fsp3) is 0.417.